The van der Waals surface area contributed by atoms with Crippen LogP contribution in [0.3, 0.4) is 0 Å². The first kappa shape index (κ1) is 32.7. The highest BCUT2D eigenvalue weighted by molar-refractivity contribution is 7.92. The lowest BCUT2D eigenvalue weighted by molar-refractivity contribution is -0.141. The van der Waals surface area contributed by atoms with E-state index in [9.17, 15) is 18.0 Å². The lowest BCUT2D eigenvalue weighted by atomic mass is 10.0. The van der Waals surface area contributed by atoms with E-state index in [2.05, 4.69) is 5.32 Å². The Morgan fingerprint density at radius 2 is 1.52 bits per heavy atom. The molecule has 3 rings (SSSR count). The lowest BCUT2D eigenvalue weighted by Crippen LogP contribution is -2.55. The summed E-state index contributed by atoms with van der Waals surface area (Å²) in [6.07, 6.45) is 0.345. The molecule has 9 heteroatoms. The molecule has 0 bridgehead atoms. The van der Waals surface area contributed by atoms with Crippen LogP contribution in [0.5, 0.6) is 5.75 Å². The van der Waals surface area contributed by atoms with Gasteiger partial charge in [0.05, 0.1) is 17.7 Å². The monoisotopic (exact) mass is 593 g/mol. The highest BCUT2D eigenvalue weighted by Crippen LogP contribution is 2.34. The predicted molar refractivity (Wildman–Crippen MR) is 167 cm³/mol. The molecule has 0 saturated heterocycles. The van der Waals surface area contributed by atoms with Gasteiger partial charge in [-0.25, -0.2) is 8.42 Å². The summed E-state index contributed by atoms with van der Waals surface area (Å²) in [5, 5.41) is 2.99. The summed E-state index contributed by atoms with van der Waals surface area (Å²) in [6, 6.07) is 18.6. The Morgan fingerprint density at radius 1 is 0.905 bits per heavy atom. The van der Waals surface area contributed by atoms with Gasteiger partial charge in [0.1, 0.15) is 18.3 Å². The molecule has 1 unspecified atom stereocenters. The Labute approximate surface area is 250 Å². The minimum atomic E-state index is -4.20. The third kappa shape index (κ3) is 8.12. The molecule has 0 aromatic heterocycles. The van der Waals surface area contributed by atoms with E-state index in [0.717, 1.165) is 26.6 Å². The molecule has 0 aliphatic carbocycles. The molecule has 0 radical (unpaired) electrons. The molecule has 3 aromatic carbocycles. The Hall–Kier alpha value is -3.85. The molecule has 42 heavy (non-hydrogen) atoms. The summed E-state index contributed by atoms with van der Waals surface area (Å²) < 4.78 is 35.0. The van der Waals surface area contributed by atoms with Crippen LogP contribution in [0.15, 0.2) is 71.6 Å². The number of aryl methyl sites for hydroxylation is 3. The smallest absolute Gasteiger partial charge is 0.264 e. The average Bonchev–Trinajstić information content (AvgIpc) is 2.90. The summed E-state index contributed by atoms with van der Waals surface area (Å²) in [7, 11) is -2.75. The van der Waals surface area contributed by atoms with Gasteiger partial charge >= 0.3 is 0 Å². The van der Waals surface area contributed by atoms with Crippen LogP contribution >= 0.6 is 0 Å². The number of hydrogen-bond donors (Lipinski definition) is 1. The Balaban J connectivity index is 2.15. The molecule has 0 saturated carbocycles. The largest absolute Gasteiger partial charge is 0.495 e. The first-order valence-corrected chi connectivity index (χ1v) is 15.5. The quantitative estimate of drug-likeness (QED) is 0.315. The van der Waals surface area contributed by atoms with Crippen molar-refractivity contribution < 1.29 is 22.7 Å². The third-order valence-corrected chi connectivity index (χ3v) is 8.58. The van der Waals surface area contributed by atoms with E-state index in [1.807, 2.05) is 78.8 Å². The van der Waals surface area contributed by atoms with Gasteiger partial charge in [-0.15, -0.1) is 0 Å². The standard InChI is InChI=1S/C33H43N3O5S/c1-9-28(32(38)34-33(5,6)7)35(21-26-12-10-11-24(3)19-26)31(37)22-36(29-20-25(4)15-18-30(29)41-8)42(39,40)27-16-13-23(2)14-17-27/h10-20,28H,9,21-22H2,1-8H3,(H,34,38). The van der Waals surface area contributed by atoms with Crippen molar-refractivity contribution in [2.24, 2.45) is 0 Å². The second-order valence-corrected chi connectivity index (χ2v) is 13.5. The molecular formula is C33H43N3O5S. The van der Waals surface area contributed by atoms with Crippen molar-refractivity contribution in [3.05, 3.63) is 89.0 Å². The Bertz CT molecular complexity index is 1510. The predicted octanol–water partition coefficient (Wildman–Crippen LogP) is 5.54. The fourth-order valence-electron chi connectivity index (χ4n) is 4.73. The van der Waals surface area contributed by atoms with Crippen LogP contribution in [-0.2, 0) is 26.2 Å². The van der Waals surface area contributed by atoms with Crippen LogP contribution in [-0.4, -0.2) is 50.4 Å². The van der Waals surface area contributed by atoms with Crippen LogP contribution in [0, 0.1) is 20.8 Å². The van der Waals surface area contributed by atoms with Gasteiger partial charge in [-0.05, 0) is 83.4 Å². The highest BCUT2D eigenvalue weighted by atomic mass is 32.2. The summed E-state index contributed by atoms with van der Waals surface area (Å²) in [4.78, 5) is 29.3. The first-order valence-electron chi connectivity index (χ1n) is 14.1. The van der Waals surface area contributed by atoms with Gasteiger partial charge in [0.25, 0.3) is 10.0 Å². The van der Waals surface area contributed by atoms with Crippen molar-refractivity contribution in [2.45, 2.75) is 77.9 Å². The van der Waals surface area contributed by atoms with Crippen LogP contribution in [0.4, 0.5) is 5.69 Å². The Kier molecular flexibility index (Phi) is 10.4. The zero-order chi connectivity index (χ0) is 31.2. The maximum Gasteiger partial charge on any atom is 0.264 e. The van der Waals surface area contributed by atoms with E-state index in [1.165, 1.54) is 24.1 Å². The molecule has 3 aromatic rings. The maximum absolute atomic E-state index is 14.3. The molecule has 1 atom stereocenters. The summed E-state index contributed by atoms with van der Waals surface area (Å²) in [5.41, 5.74) is 3.29. The van der Waals surface area contributed by atoms with E-state index in [4.69, 9.17) is 4.74 Å². The molecule has 8 nitrogen and oxygen atoms in total. The van der Waals surface area contributed by atoms with E-state index in [1.54, 1.807) is 24.3 Å². The van der Waals surface area contributed by atoms with Crippen LogP contribution in [0.2, 0.25) is 0 Å². The minimum absolute atomic E-state index is 0.0483. The molecule has 2 amide bonds. The lowest BCUT2D eigenvalue weighted by Gasteiger charge is -2.35. The number of ether oxygens (including phenoxy) is 1. The molecule has 0 heterocycles. The number of hydrogen-bond acceptors (Lipinski definition) is 5. The summed E-state index contributed by atoms with van der Waals surface area (Å²) >= 11 is 0. The number of rotatable bonds is 11. The third-order valence-electron chi connectivity index (χ3n) is 6.81. The second-order valence-electron chi connectivity index (χ2n) is 11.7. The maximum atomic E-state index is 14.3. The van der Waals surface area contributed by atoms with Gasteiger partial charge in [-0.1, -0.05) is 60.5 Å². The summed E-state index contributed by atoms with van der Waals surface area (Å²) in [5.74, 6) is -0.495. The number of methoxy groups -OCH3 is 1. The van der Waals surface area contributed by atoms with E-state index in [0.29, 0.717) is 12.2 Å². The minimum Gasteiger partial charge on any atom is -0.495 e. The number of nitrogens with one attached hydrogen (secondary N) is 1. The van der Waals surface area contributed by atoms with Crippen molar-refractivity contribution in [1.82, 2.24) is 10.2 Å². The zero-order valence-electron chi connectivity index (χ0n) is 25.9. The second kappa shape index (κ2) is 13.4. The van der Waals surface area contributed by atoms with Crippen molar-refractivity contribution in [3.8, 4) is 5.75 Å². The van der Waals surface area contributed by atoms with Crippen LogP contribution < -0.4 is 14.4 Å². The molecule has 0 aliphatic heterocycles. The van der Waals surface area contributed by atoms with Crippen molar-refractivity contribution in [3.63, 3.8) is 0 Å². The topological polar surface area (TPSA) is 96.0 Å². The van der Waals surface area contributed by atoms with Crippen LogP contribution in [0.25, 0.3) is 0 Å². The molecule has 0 aliphatic rings. The van der Waals surface area contributed by atoms with E-state index < -0.39 is 34.1 Å². The van der Waals surface area contributed by atoms with Gasteiger partial charge in [0.2, 0.25) is 11.8 Å². The number of anilines is 1. The van der Waals surface area contributed by atoms with Crippen molar-refractivity contribution in [2.75, 3.05) is 18.0 Å². The first-order chi connectivity index (χ1) is 19.7. The number of nitrogens with zero attached hydrogens (tertiary/aromatic N) is 2. The van der Waals surface area contributed by atoms with Gasteiger partial charge in [0, 0.05) is 12.1 Å². The van der Waals surface area contributed by atoms with Gasteiger partial charge in [-0.3, -0.25) is 13.9 Å². The number of benzene rings is 3. The van der Waals surface area contributed by atoms with Gasteiger partial charge in [-0.2, -0.15) is 0 Å². The van der Waals surface area contributed by atoms with Crippen molar-refractivity contribution in [1.29, 1.82) is 0 Å². The van der Waals surface area contributed by atoms with E-state index in [-0.39, 0.29) is 23.0 Å². The number of sulfonamides is 1. The Morgan fingerprint density at radius 3 is 2.10 bits per heavy atom. The fourth-order valence-corrected chi connectivity index (χ4v) is 6.14. The number of carbonyl (C=O) groups is 2. The molecule has 0 fully saturated rings. The number of amides is 2. The van der Waals surface area contributed by atoms with Crippen molar-refractivity contribution >= 4 is 27.5 Å². The zero-order valence-corrected chi connectivity index (χ0v) is 26.7. The molecule has 0 spiro atoms. The SMILES string of the molecule is CCC(C(=O)NC(C)(C)C)N(Cc1cccc(C)c1)C(=O)CN(c1cc(C)ccc1OC)S(=O)(=O)c1ccc(C)cc1. The fraction of sp³-hybridized carbons (Fsp3) is 0.394. The normalized spacial score (nSPS) is 12.4. The molecule has 1 N–H and O–H groups in total. The molecular weight excluding hydrogens is 550 g/mol. The number of carbonyl (C=O) groups excluding carboxylic acids is 2. The molecule has 226 valence electrons. The average molecular weight is 594 g/mol. The van der Waals surface area contributed by atoms with Gasteiger partial charge < -0.3 is 15.0 Å². The highest BCUT2D eigenvalue weighted by Gasteiger charge is 2.35. The van der Waals surface area contributed by atoms with Crippen LogP contribution in [0.1, 0.15) is 56.4 Å². The van der Waals surface area contributed by atoms with E-state index >= 15 is 0 Å². The summed E-state index contributed by atoms with van der Waals surface area (Å²) in [6.45, 7) is 12.8. The van der Waals surface area contributed by atoms with Gasteiger partial charge in [0.15, 0.2) is 0 Å².